The van der Waals surface area contributed by atoms with E-state index in [0.29, 0.717) is 17.5 Å². The van der Waals surface area contributed by atoms with Crippen molar-refractivity contribution in [1.29, 1.82) is 0 Å². The molecule has 4 nitrogen and oxygen atoms in total. The van der Waals surface area contributed by atoms with E-state index in [4.69, 9.17) is 19.4 Å². The van der Waals surface area contributed by atoms with Gasteiger partial charge in [-0.25, -0.2) is 15.0 Å². The highest BCUT2D eigenvalue weighted by Crippen LogP contribution is 2.40. The van der Waals surface area contributed by atoms with Gasteiger partial charge in [0, 0.05) is 32.8 Å². The minimum absolute atomic E-state index is 0.611. The fourth-order valence-electron chi connectivity index (χ4n) is 7.17. The molecule has 0 radical (unpaired) electrons. The lowest BCUT2D eigenvalue weighted by atomic mass is 9.97. The zero-order valence-corrected chi connectivity index (χ0v) is 27.5. The van der Waals surface area contributed by atoms with E-state index in [1.54, 1.807) is 0 Å². The van der Waals surface area contributed by atoms with Gasteiger partial charge in [-0.3, -0.25) is 0 Å². The summed E-state index contributed by atoms with van der Waals surface area (Å²) in [7, 11) is 0. The van der Waals surface area contributed by atoms with Crippen molar-refractivity contribution in [2.75, 3.05) is 0 Å². The van der Waals surface area contributed by atoms with Crippen molar-refractivity contribution in [3.63, 3.8) is 0 Å². The third kappa shape index (κ3) is 5.13. The summed E-state index contributed by atoms with van der Waals surface area (Å²) in [6.45, 7) is 0. The van der Waals surface area contributed by atoms with Gasteiger partial charge in [-0.05, 0) is 68.7 Å². The SMILES string of the molecule is c1ccc(-c2cccc(-c3ccc(-c4nc(-c5ccccc5)nc(-c5ccc6oc7ccc8ccc9ccccc9c8c7c6c5)n4)cc3)c2)cc1. The molecule has 0 aliphatic carbocycles. The van der Waals surface area contributed by atoms with Crippen molar-refractivity contribution < 1.29 is 4.42 Å². The van der Waals surface area contributed by atoms with Crippen LogP contribution in [0.3, 0.4) is 0 Å². The van der Waals surface area contributed by atoms with Crippen LogP contribution in [0.15, 0.2) is 180 Å². The van der Waals surface area contributed by atoms with Gasteiger partial charge in [0.1, 0.15) is 11.2 Å². The van der Waals surface area contributed by atoms with Crippen LogP contribution in [0.2, 0.25) is 0 Å². The van der Waals surface area contributed by atoms with Crippen molar-refractivity contribution in [3.05, 3.63) is 176 Å². The highest BCUT2D eigenvalue weighted by Gasteiger charge is 2.17. The van der Waals surface area contributed by atoms with Crippen molar-refractivity contribution in [2.24, 2.45) is 0 Å². The maximum atomic E-state index is 6.41. The fraction of sp³-hybridized carbons (Fsp3) is 0. The molecule has 0 aliphatic heterocycles. The Balaban J connectivity index is 1.11. The zero-order valence-electron chi connectivity index (χ0n) is 27.5. The molecule has 238 valence electrons. The molecule has 0 saturated heterocycles. The number of nitrogens with zero attached hydrogens (tertiary/aromatic N) is 3. The fourth-order valence-corrected chi connectivity index (χ4v) is 7.17. The number of fused-ring (bicyclic) bond motifs is 7. The first-order chi connectivity index (χ1) is 25.2. The van der Waals surface area contributed by atoms with E-state index in [1.165, 1.54) is 32.7 Å². The second kappa shape index (κ2) is 11.9. The van der Waals surface area contributed by atoms with Crippen LogP contribution in [0.1, 0.15) is 0 Å². The van der Waals surface area contributed by atoms with Crippen molar-refractivity contribution in [3.8, 4) is 56.4 Å². The molecule has 51 heavy (non-hydrogen) atoms. The first-order valence-electron chi connectivity index (χ1n) is 17.1. The molecule has 0 saturated carbocycles. The van der Waals surface area contributed by atoms with Gasteiger partial charge in [0.2, 0.25) is 0 Å². The van der Waals surface area contributed by atoms with Crippen LogP contribution in [0.5, 0.6) is 0 Å². The van der Waals surface area contributed by atoms with E-state index in [2.05, 4.69) is 127 Å². The number of aromatic nitrogens is 3. The third-order valence-corrected chi connectivity index (χ3v) is 9.71. The van der Waals surface area contributed by atoms with Crippen molar-refractivity contribution in [2.45, 2.75) is 0 Å². The lowest BCUT2D eigenvalue weighted by Gasteiger charge is -2.10. The summed E-state index contributed by atoms with van der Waals surface area (Å²) in [4.78, 5) is 15.1. The van der Waals surface area contributed by atoms with Gasteiger partial charge >= 0.3 is 0 Å². The lowest BCUT2D eigenvalue weighted by Crippen LogP contribution is -2.00. The van der Waals surface area contributed by atoms with Gasteiger partial charge in [0.15, 0.2) is 17.5 Å². The largest absolute Gasteiger partial charge is 0.456 e. The average molecular weight is 652 g/mol. The maximum absolute atomic E-state index is 6.41. The Morgan fingerprint density at radius 1 is 0.294 bits per heavy atom. The number of rotatable bonds is 5. The topological polar surface area (TPSA) is 51.8 Å². The Bertz CT molecular complexity index is 2900. The predicted octanol–water partition coefficient (Wildman–Crippen LogP) is 12.4. The Morgan fingerprint density at radius 2 is 0.804 bits per heavy atom. The summed E-state index contributed by atoms with van der Waals surface area (Å²) in [5.74, 6) is 1.86. The normalized spacial score (nSPS) is 11.5. The van der Waals surface area contributed by atoms with Gasteiger partial charge < -0.3 is 4.42 Å². The van der Waals surface area contributed by atoms with Crippen LogP contribution in [0, 0.1) is 0 Å². The average Bonchev–Trinajstić information content (AvgIpc) is 3.59. The van der Waals surface area contributed by atoms with Gasteiger partial charge in [-0.1, -0.05) is 146 Å². The number of furan rings is 1. The number of hydrogen-bond acceptors (Lipinski definition) is 4. The monoisotopic (exact) mass is 651 g/mol. The smallest absolute Gasteiger partial charge is 0.164 e. The quantitative estimate of drug-likeness (QED) is 0.174. The Hall–Kier alpha value is -6.91. The van der Waals surface area contributed by atoms with Gasteiger partial charge in [0.25, 0.3) is 0 Å². The molecule has 2 heterocycles. The van der Waals surface area contributed by atoms with Crippen LogP contribution in [0.25, 0.3) is 99.9 Å². The van der Waals surface area contributed by atoms with Crippen molar-refractivity contribution >= 4 is 43.5 Å². The first-order valence-corrected chi connectivity index (χ1v) is 17.1. The predicted molar refractivity (Wildman–Crippen MR) is 209 cm³/mol. The number of benzene rings is 8. The molecule has 0 unspecified atom stereocenters. The molecule has 10 aromatic rings. The summed E-state index contributed by atoms with van der Waals surface area (Å²) < 4.78 is 6.41. The Morgan fingerprint density at radius 3 is 1.55 bits per heavy atom. The summed E-state index contributed by atoms with van der Waals surface area (Å²) in [5.41, 5.74) is 9.13. The molecular weight excluding hydrogens is 623 g/mol. The molecule has 0 fully saturated rings. The molecule has 0 N–H and O–H groups in total. The van der Waals surface area contributed by atoms with Crippen LogP contribution in [0.4, 0.5) is 0 Å². The Labute approximate surface area is 294 Å². The van der Waals surface area contributed by atoms with E-state index in [1.807, 2.05) is 48.5 Å². The molecule has 0 amide bonds. The summed E-state index contributed by atoms with van der Waals surface area (Å²) in [6.07, 6.45) is 0. The summed E-state index contributed by atoms with van der Waals surface area (Å²) >= 11 is 0. The molecule has 8 aromatic carbocycles. The van der Waals surface area contributed by atoms with E-state index in [-0.39, 0.29) is 0 Å². The lowest BCUT2D eigenvalue weighted by molar-refractivity contribution is 0.669. The highest BCUT2D eigenvalue weighted by molar-refractivity contribution is 6.26. The zero-order chi connectivity index (χ0) is 33.7. The standard InChI is InChI=1S/C47H29N3O/c1-3-10-30(11-4-1)36-15-9-16-37(28-36)31-18-22-35(23-19-31)46-48-45(34-13-5-2-6-14-34)49-47(50-46)38-25-26-41-40(29-38)44-42(51-41)27-24-33-21-20-32-12-7-8-17-39(32)43(33)44/h1-29H. The first kappa shape index (κ1) is 29.0. The minimum Gasteiger partial charge on any atom is -0.456 e. The van der Waals surface area contributed by atoms with E-state index in [9.17, 15) is 0 Å². The molecule has 4 heteroatoms. The van der Waals surface area contributed by atoms with E-state index >= 15 is 0 Å². The van der Waals surface area contributed by atoms with Gasteiger partial charge in [-0.2, -0.15) is 0 Å². The van der Waals surface area contributed by atoms with E-state index < -0.39 is 0 Å². The summed E-state index contributed by atoms with van der Waals surface area (Å²) in [5, 5.41) is 6.92. The van der Waals surface area contributed by atoms with Gasteiger partial charge in [-0.15, -0.1) is 0 Å². The number of hydrogen-bond donors (Lipinski definition) is 0. The van der Waals surface area contributed by atoms with Crippen LogP contribution in [-0.2, 0) is 0 Å². The second-order valence-electron chi connectivity index (χ2n) is 12.8. The molecule has 0 spiro atoms. The highest BCUT2D eigenvalue weighted by atomic mass is 16.3. The molecule has 0 bridgehead atoms. The summed E-state index contributed by atoms with van der Waals surface area (Å²) in [6, 6.07) is 61.1. The van der Waals surface area contributed by atoms with Gasteiger partial charge in [0.05, 0.1) is 0 Å². The minimum atomic E-state index is 0.611. The van der Waals surface area contributed by atoms with Crippen LogP contribution in [-0.4, -0.2) is 15.0 Å². The molecule has 10 rings (SSSR count). The van der Waals surface area contributed by atoms with Crippen LogP contribution >= 0.6 is 0 Å². The second-order valence-corrected chi connectivity index (χ2v) is 12.8. The van der Waals surface area contributed by atoms with Crippen LogP contribution < -0.4 is 0 Å². The molecule has 0 atom stereocenters. The van der Waals surface area contributed by atoms with E-state index in [0.717, 1.165) is 49.8 Å². The Kier molecular flexibility index (Phi) is 6.78. The molecule has 0 aliphatic rings. The molecular formula is C47H29N3O. The van der Waals surface area contributed by atoms with Crippen molar-refractivity contribution in [1.82, 2.24) is 15.0 Å². The third-order valence-electron chi connectivity index (χ3n) is 9.71. The molecule has 2 aromatic heterocycles. The maximum Gasteiger partial charge on any atom is 0.164 e.